The van der Waals surface area contributed by atoms with Crippen LogP contribution in [-0.4, -0.2) is 44.6 Å². The minimum absolute atomic E-state index is 0.174. The van der Waals surface area contributed by atoms with Gasteiger partial charge < -0.3 is 4.90 Å². The normalized spacial score (nSPS) is 21.9. The summed E-state index contributed by atoms with van der Waals surface area (Å²) in [6, 6.07) is 8.86. The monoisotopic (exact) mass is 420 g/mol. The fraction of sp³-hybridized carbons (Fsp3) is 0.500. The first-order valence-electron chi connectivity index (χ1n) is 9.81. The summed E-state index contributed by atoms with van der Waals surface area (Å²) in [4.78, 5) is 31.5. The molecule has 1 unspecified atom stereocenters. The van der Waals surface area contributed by atoms with Crippen molar-refractivity contribution in [3.8, 4) is 11.4 Å². The van der Waals surface area contributed by atoms with Gasteiger partial charge in [-0.3, -0.25) is 14.9 Å². The molecule has 154 valence electrons. The number of aromatic nitrogens is 2. The van der Waals surface area contributed by atoms with Crippen LogP contribution in [-0.2, 0) is 9.59 Å². The number of anilines is 1. The molecule has 6 nitrogen and oxygen atoms in total. The molecule has 1 aromatic heterocycles. The first-order valence-corrected chi connectivity index (χ1v) is 10.6. The molecular formula is C20H22F2N4O2S. The molecule has 2 heterocycles. The summed E-state index contributed by atoms with van der Waals surface area (Å²) in [6.07, 6.45) is 1.10. The van der Waals surface area contributed by atoms with Crippen molar-refractivity contribution in [1.82, 2.24) is 14.3 Å². The minimum atomic E-state index is -2.67. The van der Waals surface area contributed by atoms with Crippen LogP contribution in [0, 0.1) is 5.92 Å². The zero-order valence-electron chi connectivity index (χ0n) is 15.8. The SMILES string of the molecule is O=C(Nc1nc(-c2ccccc2)ns1)C1CCCN1C(=O)C1CCC(F)(F)CC1. The lowest BCUT2D eigenvalue weighted by molar-refractivity contribution is -0.143. The molecule has 1 aliphatic heterocycles. The number of hydrogen-bond donors (Lipinski definition) is 1. The molecule has 1 N–H and O–H groups in total. The lowest BCUT2D eigenvalue weighted by Crippen LogP contribution is -2.46. The van der Waals surface area contributed by atoms with Crippen molar-refractivity contribution in [2.45, 2.75) is 50.5 Å². The van der Waals surface area contributed by atoms with Crippen LogP contribution in [0.1, 0.15) is 38.5 Å². The van der Waals surface area contributed by atoms with Gasteiger partial charge in [0.15, 0.2) is 5.82 Å². The molecule has 2 fully saturated rings. The molecule has 29 heavy (non-hydrogen) atoms. The van der Waals surface area contributed by atoms with E-state index in [1.165, 1.54) is 0 Å². The summed E-state index contributed by atoms with van der Waals surface area (Å²) in [5, 5.41) is 3.15. The molecule has 9 heteroatoms. The maximum atomic E-state index is 13.4. The van der Waals surface area contributed by atoms with E-state index in [2.05, 4.69) is 14.7 Å². The van der Waals surface area contributed by atoms with Crippen molar-refractivity contribution in [3.05, 3.63) is 30.3 Å². The van der Waals surface area contributed by atoms with Crippen LogP contribution < -0.4 is 5.32 Å². The number of halogens is 2. The van der Waals surface area contributed by atoms with E-state index in [9.17, 15) is 18.4 Å². The van der Waals surface area contributed by atoms with Gasteiger partial charge in [0.2, 0.25) is 22.9 Å². The summed E-state index contributed by atoms with van der Waals surface area (Å²) in [5.74, 6) is -3.04. The quantitative estimate of drug-likeness (QED) is 0.812. The van der Waals surface area contributed by atoms with Crippen molar-refractivity contribution >= 4 is 28.5 Å². The summed E-state index contributed by atoms with van der Waals surface area (Å²) in [7, 11) is 0. The highest BCUT2D eigenvalue weighted by molar-refractivity contribution is 7.10. The molecule has 2 aromatic rings. The molecule has 0 spiro atoms. The average molecular weight is 420 g/mol. The number of benzene rings is 1. The Morgan fingerprint density at radius 1 is 1.14 bits per heavy atom. The highest BCUT2D eigenvalue weighted by Crippen LogP contribution is 2.37. The first-order chi connectivity index (χ1) is 13.9. The molecule has 0 bridgehead atoms. The van der Waals surface area contributed by atoms with Gasteiger partial charge in [-0.25, -0.2) is 8.78 Å². The van der Waals surface area contributed by atoms with E-state index in [-0.39, 0.29) is 37.5 Å². The van der Waals surface area contributed by atoms with Crippen LogP contribution in [0.25, 0.3) is 11.4 Å². The maximum Gasteiger partial charge on any atom is 0.248 e. The number of likely N-dealkylation sites (tertiary alicyclic amines) is 1. The lowest BCUT2D eigenvalue weighted by atomic mass is 9.85. The Labute approximate surface area is 171 Å². The van der Waals surface area contributed by atoms with E-state index < -0.39 is 17.9 Å². The van der Waals surface area contributed by atoms with E-state index in [0.717, 1.165) is 23.5 Å². The third kappa shape index (κ3) is 4.44. The second-order valence-corrected chi connectivity index (χ2v) is 8.35. The number of nitrogens with zero attached hydrogens (tertiary/aromatic N) is 3. The fourth-order valence-electron chi connectivity index (χ4n) is 3.99. The van der Waals surface area contributed by atoms with Gasteiger partial charge in [-0.15, -0.1) is 0 Å². The van der Waals surface area contributed by atoms with Crippen molar-refractivity contribution in [1.29, 1.82) is 0 Å². The molecule has 2 amide bonds. The highest BCUT2D eigenvalue weighted by atomic mass is 32.1. The van der Waals surface area contributed by atoms with Gasteiger partial charge >= 0.3 is 0 Å². The zero-order valence-corrected chi connectivity index (χ0v) is 16.6. The number of rotatable bonds is 4. The van der Waals surface area contributed by atoms with Crippen LogP contribution in [0.3, 0.4) is 0 Å². The topological polar surface area (TPSA) is 75.2 Å². The van der Waals surface area contributed by atoms with Gasteiger partial charge in [-0.2, -0.15) is 9.36 Å². The third-order valence-electron chi connectivity index (χ3n) is 5.59. The second kappa shape index (κ2) is 8.14. The molecule has 1 saturated carbocycles. The van der Waals surface area contributed by atoms with Gasteiger partial charge in [-0.05, 0) is 25.7 Å². The van der Waals surface area contributed by atoms with Crippen molar-refractivity contribution in [2.75, 3.05) is 11.9 Å². The molecule has 2 aliphatic rings. The van der Waals surface area contributed by atoms with Crippen molar-refractivity contribution in [3.63, 3.8) is 0 Å². The molecule has 1 aliphatic carbocycles. The van der Waals surface area contributed by atoms with Crippen molar-refractivity contribution in [2.24, 2.45) is 5.92 Å². The fourth-order valence-corrected chi connectivity index (χ4v) is 4.58. The number of nitrogens with one attached hydrogen (secondary N) is 1. The predicted octanol–water partition coefficient (Wildman–Crippen LogP) is 3.96. The Hall–Kier alpha value is -2.42. The smallest absolute Gasteiger partial charge is 0.248 e. The molecular weight excluding hydrogens is 398 g/mol. The Morgan fingerprint density at radius 2 is 1.86 bits per heavy atom. The number of hydrogen-bond acceptors (Lipinski definition) is 5. The predicted molar refractivity (Wildman–Crippen MR) is 106 cm³/mol. The van der Waals surface area contributed by atoms with Gasteiger partial charge in [0, 0.05) is 42.4 Å². The van der Waals surface area contributed by atoms with Gasteiger partial charge in [0.1, 0.15) is 6.04 Å². The Balaban J connectivity index is 1.39. The second-order valence-electron chi connectivity index (χ2n) is 7.60. The zero-order chi connectivity index (χ0) is 20.4. The number of alkyl halides is 2. The number of amides is 2. The Kier molecular flexibility index (Phi) is 5.58. The molecule has 1 atom stereocenters. The van der Waals surface area contributed by atoms with E-state index in [4.69, 9.17) is 0 Å². The minimum Gasteiger partial charge on any atom is -0.330 e. The van der Waals surface area contributed by atoms with E-state index in [1.54, 1.807) is 4.90 Å². The summed E-state index contributed by atoms with van der Waals surface area (Å²) in [6.45, 7) is 0.481. The van der Waals surface area contributed by atoms with Gasteiger partial charge in [0.05, 0.1) is 0 Å². The average Bonchev–Trinajstić information content (AvgIpc) is 3.38. The maximum absolute atomic E-state index is 13.4. The largest absolute Gasteiger partial charge is 0.330 e. The molecule has 1 aromatic carbocycles. The highest BCUT2D eigenvalue weighted by Gasteiger charge is 2.42. The van der Waals surface area contributed by atoms with Crippen molar-refractivity contribution < 1.29 is 18.4 Å². The Bertz CT molecular complexity index is 880. The third-order valence-corrected chi connectivity index (χ3v) is 6.22. The number of carbonyl (C=O) groups is 2. The van der Waals surface area contributed by atoms with Crippen LogP contribution in [0.4, 0.5) is 13.9 Å². The number of carbonyl (C=O) groups excluding carboxylic acids is 2. The summed E-state index contributed by atoms with van der Waals surface area (Å²) >= 11 is 1.09. The molecule has 1 saturated heterocycles. The van der Waals surface area contributed by atoms with Crippen LogP contribution in [0.2, 0.25) is 0 Å². The molecule has 4 rings (SSSR count). The van der Waals surface area contributed by atoms with E-state index in [0.29, 0.717) is 23.9 Å². The Morgan fingerprint density at radius 3 is 2.59 bits per heavy atom. The van der Waals surface area contributed by atoms with Gasteiger partial charge in [0.25, 0.3) is 0 Å². The standard InChI is InChI=1S/C20H22F2N4O2S/c21-20(22)10-8-14(9-11-20)18(28)26-12-4-7-15(26)17(27)24-19-23-16(25-29-19)13-5-2-1-3-6-13/h1-3,5-6,14-15H,4,7-12H2,(H,23,24,25,27). The summed E-state index contributed by atoms with van der Waals surface area (Å²) in [5.41, 5.74) is 0.857. The lowest BCUT2D eigenvalue weighted by Gasteiger charge is -2.32. The van der Waals surface area contributed by atoms with Gasteiger partial charge in [-0.1, -0.05) is 30.3 Å². The first kappa shape index (κ1) is 19.9. The van der Waals surface area contributed by atoms with Crippen LogP contribution >= 0.6 is 11.5 Å². The molecule has 0 radical (unpaired) electrons. The van der Waals surface area contributed by atoms with Crippen LogP contribution in [0.5, 0.6) is 0 Å². The van der Waals surface area contributed by atoms with E-state index in [1.807, 2.05) is 30.3 Å². The van der Waals surface area contributed by atoms with Crippen LogP contribution in [0.15, 0.2) is 30.3 Å². The summed E-state index contributed by atoms with van der Waals surface area (Å²) < 4.78 is 31.1. The van der Waals surface area contributed by atoms with E-state index >= 15 is 0 Å².